The molecular weight excluding hydrogens is 677 g/mol. The van der Waals surface area contributed by atoms with Crippen LogP contribution in [0.2, 0.25) is 0 Å². The second-order valence-corrected chi connectivity index (χ2v) is 16.2. The average molecular weight is 725 g/mol. The minimum Gasteiger partial charge on any atom is -0.444 e. The van der Waals surface area contributed by atoms with Crippen LogP contribution in [0.3, 0.4) is 0 Å². The van der Waals surface area contributed by atoms with Gasteiger partial charge in [0, 0.05) is 56.9 Å². The van der Waals surface area contributed by atoms with Crippen molar-refractivity contribution in [2.75, 3.05) is 44.2 Å². The lowest BCUT2D eigenvalue weighted by molar-refractivity contribution is -0.138. The molecule has 0 bridgehead atoms. The molecule has 8 rings (SSSR count). The van der Waals surface area contributed by atoms with Gasteiger partial charge in [-0.15, -0.1) is 0 Å². The topological polar surface area (TPSA) is 90.5 Å². The quantitative estimate of drug-likeness (QED) is 0.165. The zero-order chi connectivity index (χ0) is 37.6. The van der Waals surface area contributed by atoms with E-state index in [0.29, 0.717) is 50.3 Å². The SMILES string of the molecule is CC(C)(C)OC(=O)N1CC[C@H](c2cccc(-c3ccccc3)c2)[C@@H](C(=O)N(CC2CN(CCN3C(=O)c4ccccc4C3=O)c3ccccc32)C2CC2)C1. The lowest BCUT2D eigenvalue weighted by Crippen LogP contribution is -2.51. The summed E-state index contributed by atoms with van der Waals surface area (Å²) < 4.78 is 5.80. The van der Waals surface area contributed by atoms with Gasteiger partial charge in [0.25, 0.3) is 11.8 Å². The van der Waals surface area contributed by atoms with E-state index in [9.17, 15) is 14.4 Å². The van der Waals surface area contributed by atoms with E-state index in [-0.39, 0.29) is 48.2 Å². The fraction of sp³-hybridized carbons (Fsp3) is 0.378. The molecule has 9 nitrogen and oxygen atoms in total. The molecule has 4 aromatic rings. The largest absolute Gasteiger partial charge is 0.444 e. The van der Waals surface area contributed by atoms with E-state index in [1.54, 1.807) is 29.2 Å². The molecular formula is C45H48N4O5. The number of imide groups is 1. The van der Waals surface area contributed by atoms with Gasteiger partial charge in [0.05, 0.1) is 17.0 Å². The summed E-state index contributed by atoms with van der Waals surface area (Å²) in [5.74, 6) is -0.849. The highest BCUT2D eigenvalue weighted by Gasteiger charge is 2.45. The molecule has 0 radical (unpaired) electrons. The van der Waals surface area contributed by atoms with Gasteiger partial charge in [-0.05, 0) is 86.4 Å². The summed E-state index contributed by atoms with van der Waals surface area (Å²) >= 11 is 0. The Bertz CT molecular complexity index is 2040. The minimum absolute atomic E-state index is 0.0540. The van der Waals surface area contributed by atoms with Crippen LogP contribution in [0.4, 0.5) is 10.5 Å². The molecule has 1 aliphatic carbocycles. The highest BCUT2D eigenvalue weighted by molar-refractivity contribution is 6.21. The molecule has 3 atom stereocenters. The van der Waals surface area contributed by atoms with Crippen LogP contribution in [0, 0.1) is 5.92 Å². The predicted molar refractivity (Wildman–Crippen MR) is 208 cm³/mol. The molecule has 1 saturated carbocycles. The number of fused-ring (bicyclic) bond motifs is 2. The number of amides is 4. The third-order valence-corrected chi connectivity index (χ3v) is 11.3. The monoisotopic (exact) mass is 724 g/mol. The van der Waals surface area contributed by atoms with E-state index in [1.807, 2.05) is 51.1 Å². The lowest BCUT2D eigenvalue weighted by atomic mass is 9.78. The van der Waals surface area contributed by atoms with Crippen LogP contribution >= 0.6 is 0 Å². The van der Waals surface area contributed by atoms with Crippen LogP contribution in [-0.4, -0.2) is 89.4 Å². The van der Waals surface area contributed by atoms with Crippen LogP contribution in [-0.2, 0) is 9.53 Å². The molecule has 3 heterocycles. The van der Waals surface area contributed by atoms with Crippen molar-refractivity contribution in [1.82, 2.24) is 14.7 Å². The second-order valence-electron chi connectivity index (χ2n) is 16.2. The summed E-state index contributed by atoms with van der Waals surface area (Å²) in [6.45, 7) is 8.44. The molecule has 0 N–H and O–H groups in total. The van der Waals surface area contributed by atoms with E-state index < -0.39 is 11.5 Å². The molecule has 1 unspecified atom stereocenters. The van der Waals surface area contributed by atoms with Gasteiger partial charge in [-0.1, -0.05) is 84.9 Å². The van der Waals surface area contributed by atoms with Crippen LogP contribution in [0.5, 0.6) is 0 Å². The van der Waals surface area contributed by atoms with Gasteiger partial charge in [-0.3, -0.25) is 19.3 Å². The first-order valence-electron chi connectivity index (χ1n) is 19.3. The van der Waals surface area contributed by atoms with Crippen molar-refractivity contribution >= 4 is 29.5 Å². The normalized spacial score (nSPS) is 20.9. The molecule has 3 aliphatic heterocycles. The van der Waals surface area contributed by atoms with Gasteiger partial charge in [-0.25, -0.2) is 4.79 Å². The van der Waals surface area contributed by atoms with Crippen LogP contribution < -0.4 is 4.90 Å². The fourth-order valence-corrected chi connectivity index (χ4v) is 8.54. The maximum Gasteiger partial charge on any atom is 0.410 e. The predicted octanol–water partition coefficient (Wildman–Crippen LogP) is 7.59. The molecule has 54 heavy (non-hydrogen) atoms. The van der Waals surface area contributed by atoms with Crippen molar-refractivity contribution < 1.29 is 23.9 Å². The molecule has 278 valence electrons. The number of ether oxygens (including phenoxy) is 1. The van der Waals surface area contributed by atoms with Gasteiger partial charge in [0.2, 0.25) is 5.91 Å². The lowest BCUT2D eigenvalue weighted by Gasteiger charge is -2.41. The maximum absolute atomic E-state index is 15.1. The summed E-state index contributed by atoms with van der Waals surface area (Å²) in [4.78, 5) is 62.2. The zero-order valence-electron chi connectivity index (χ0n) is 31.3. The Balaban J connectivity index is 1.04. The number of carbonyl (C=O) groups is 4. The minimum atomic E-state index is -0.640. The van der Waals surface area contributed by atoms with Gasteiger partial charge >= 0.3 is 6.09 Å². The van der Waals surface area contributed by atoms with Gasteiger partial charge in [0.1, 0.15) is 5.60 Å². The average Bonchev–Trinajstić information content (AvgIpc) is 3.93. The Kier molecular flexibility index (Phi) is 9.50. The number of rotatable bonds is 9. The number of piperidine rings is 1. The number of likely N-dealkylation sites (tertiary alicyclic amines) is 1. The molecule has 2 fully saturated rings. The molecule has 0 spiro atoms. The van der Waals surface area contributed by atoms with Crippen molar-refractivity contribution in [2.45, 2.75) is 63.5 Å². The Labute approximate surface area is 317 Å². The zero-order valence-corrected chi connectivity index (χ0v) is 31.3. The van der Waals surface area contributed by atoms with Crippen LogP contribution in [0.15, 0.2) is 103 Å². The molecule has 4 aliphatic rings. The first kappa shape index (κ1) is 35.6. The molecule has 1 saturated heterocycles. The Morgan fingerprint density at radius 1 is 0.759 bits per heavy atom. The summed E-state index contributed by atoms with van der Waals surface area (Å²) in [7, 11) is 0. The summed E-state index contributed by atoms with van der Waals surface area (Å²) in [6, 6.07) is 34.3. The summed E-state index contributed by atoms with van der Waals surface area (Å²) in [5, 5.41) is 0. The first-order chi connectivity index (χ1) is 26.1. The van der Waals surface area contributed by atoms with Crippen LogP contribution in [0.25, 0.3) is 11.1 Å². The molecule has 0 aromatic heterocycles. The molecule has 4 aromatic carbocycles. The highest BCUT2D eigenvalue weighted by atomic mass is 16.6. The van der Waals surface area contributed by atoms with Crippen molar-refractivity contribution in [3.8, 4) is 11.1 Å². The number of para-hydroxylation sites is 1. The van der Waals surface area contributed by atoms with Gasteiger partial charge in [-0.2, -0.15) is 0 Å². The Morgan fingerprint density at radius 2 is 1.43 bits per heavy atom. The smallest absolute Gasteiger partial charge is 0.410 e. The summed E-state index contributed by atoms with van der Waals surface area (Å²) in [5.41, 5.74) is 5.87. The number of hydrogen-bond acceptors (Lipinski definition) is 6. The van der Waals surface area contributed by atoms with Crippen molar-refractivity contribution in [2.24, 2.45) is 5.92 Å². The maximum atomic E-state index is 15.1. The number of nitrogens with zero attached hydrogens (tertiary/aromatic N) is 4. The van der Waals surface area contributed by atoms with Crippen molar-refractivity contribution in [3.63, 3.8) is 0 Å². The summed E-state index contributed by atoms with van der Waals surface area (Å²) in [6.07, 6.45) is 2.19. The Morgan fingerprint density at radius 3 is 2.13 bits per heavy atom. The fourth-order valence-electron chi connectivity index (χ4n) is 8.54. The third kappa shape index (κ3) is 7.11. The standard InChI is InChI=1S/C45H48N4O5/c1-45(2,3)54-44(53)47-23-22-35(32-15-11-14-31(26-32)30-12-5-4-6-13-30)39(29-47)43(52)49(34-20-21-34)28-33-27-46(40-19-10-9-16-36(33)40)24-25-48-41(50)37-17-7-8-18-38(37)42(48)51/h4-19,26,33-35,39H,20-25,27-29H2,1-3H3/t33?,35-,39+/m1/s1. The van der Waals surface area contributed by atoms with Crippen LogP contribution in [0.1, 0.15) is 83.7 Å². The number of benzene rings is 4. The highest BCUT2D eigenvalue weighted by Crippen LogP contribution is 2.42. The third-order valence-electron chi connectivity index (χ3n) is 11.3. The van der Waals surface area contributed by atoms with Crippen molar-refractivity contribution in [1.29, 1.82) is 0 Å². The second kappa shape index (κ2) is 14.4. The number of hydrogen-bond donors (Lipinski definition) is 0. The van der Waals surface area contributed by atoms with E-state index in [0.717, 1.165) is 35.2 Å². The van der Waals surface area contributed by atoms with E-state index in [1.165, 1.54) is 10.5 Å². The van der Waals surface area contributed by atoms with E-state index >= 15 is 4.79 Å². The molecule has 4 amide bonds. The number of anilines is 1. The van der Waals surface area contributed by atoms with E-state index in [4.69, 9.17) is 4.74 Å². The van der Waals surface area contributed by atoms with Crippen molar-refractivity contribution in [3.05, 3.63) is 125 Å². The Hall–Kier alpha value is -5.44. The first-order valence-corrected chi connectivity index (χ1v) is 19.3. The molecule has 9 heteroatoms. The van der Waals surface area contributed by atoms with E-state index in [2.05, 4.69) is 58.3 Å². The van der Waals surface area contributed by atoms with Gasteiger partial charge < -0.3 is 19.4 Å². The van der Waals surface area contributed by atoms with Gasteiger partial charge in [0.15, 0.2) is 0 Å². The number of carbonyl (C=O) groups excluding carboxylic acids is 4.